The topological polar surface area (TPSA) is 84.9 Å². The summed E-state index contributed by atoms with van der Waals surface area (Å²) in [6, 6.07) is 6.82. The number of nitrogens with one attached hydrogen (secondary N) is 1. The molecule has 0 atom stereocenters. The molecule has 0 saturated heterocycles. The van der Waals surface area contributed by atoms with E-state index in [-0.39, 0.29) is 18.9 Å². The van der Waals surface area contributed by atoms with E-state index < -0.39 is 21.7 Å². The lowest BCUT2D eigenvalue weighted by atomic mass is 10.2. The minimum absolute atomic E-state index is 0.0917. The largest absolute Gasteiger partial charge is 0.492 e. The van der Waals surface area contributed by atoms with Crippen molar-refractivity contribution in [3.8, 4) is 5.75 Å². The van der Waals surface area contributed by atoms with Crippen LogP contribution in [0.1, 0.15) is 34.1 Å². The molecule has 25 heavy (non-hydrogen) atoms. The van der Waals surface area contributed by atoms with Crippen molar-refractivity contribution >= 4 is 21.8 Å². The number of anilines is 1. The first kappa shape index (κ1) is 21.1. The lowest BCUT2D eigenvalue weighted by Gasteiger charge is -2.20. The number of carbonyl (C=O) groups excluding carboxylic acids is 1. The van der Waals surface area contributed by atoms with Gasteiger partial charge in [-0.2, -0.15) is 0 Å². The van der Waals surface area contributed by atoms with Gasteiger partial charge >= 0.3 is 6.09 Å². The maximum Gasteiger partial charge on any atom is 0.407 e. The van der Waals surface area contributed by atoms with E-state index in [9.17, 15) is 13.2 Å². The highest BCUT2D eigenvalue weighted by Crippen LogP contribution is 2.22. The lowest BCUT2D eigenvalue weighted by Crippen LogP contribution is -2.34. The molecular formula is C17H28N2O5S. The number of carbonyl (C=O) groups is 1. The first-order valence-corrected chi connectivity index (χ1v) is 9.82. The molecule has 0 aliphatic carbocycles. The Kier molecular flexibility index (Phi) is 7.54. The predicted octanol–water partition coefficient (Wildman–Crippen LogP) is 2.77. The molecule has 0 fully saturated rings. The number of alkyl carbamates (subject to hydrolysis) is 1. The maximum absolute atomic E-state index is 12.1. The van der Waals surface area contributed by atoms with E-state index >= 15 is 0 Å². The lowest BCUT2D eigenvalue weighted by molar-refractivity contribution is 0.0520. The SMILES string of the molecule is CCCS(=O)(=O)N(C)c1cccc(OCCNC(=O)OC(C)(C)C)c1. The van der Waals surface area contributed by atoms with Gasteiger partial charge in [0.25, 0.3) is 0 Å². The molecule has 0 aliphatic rings. The van der Waals surface area contributed by atoms with Gasteiger partial charge in [-0.05, 0) is 39.3 Å². The number of rotatable bonds is 8. The number of hydrogen-bond donors (Lipinski definition) is 1. The van der Waals surface area contributed by atoms with E-state index in [2.05, 4.69) is 5.32 Å². The van der Waals surface area contributed by atoms with Crippen molar-refractivity contribution in [3.63, 3.8) is 0 Å². The van der Waals surface area contributed by atoms with Gasteiger partial charge in [0.1, 0.15) is 18.0 Å². The molecule has 0 saturated carbocycles. The molecular weight excluding hydrogens is 344 g/mol. The Morgan fingerprint density at radius 3 is 2.56 bits per heavy atom. The van der Waals surface area contributed by atoms with Crippen LogP contribution in [0.15, 0.2) is 24.3 Å². The van der Waals surface area contributed by atoms with Crippen molar-refractivity contribution in [2.45, 2.75) is 39.7 Å². The molecule has 0 unspecified atom stereocenters. The molecule has 0 bridgehead atoms. The summed E-state index contributed by atoms with van der Waals surface area (Å²) < 4.78 is 36.2. The van der Waals surface area contributed by atoms with Crippen LogP contribution in [0.5, 0.6) is 5.75 Å². The van der Waals surface area contributed by atoms with Crippen LogP contribution >= 0.6 is 0 Å². The molecule has 0 radical (unpaired) electrons. The Morgan fingerprint density at radius 1 is 1.28 bits per heavy atom. The number of hydrogen-bond acceptors (Lipinski definition) is 5. The minimum atomic E-state index is -3.33. The molecule has 0 aliphatic heterocycles. The van der Waals surface area contributed by atoms with Gasteiger partial charge in [0.15, 0.2) is 0 Å². The molecule has 1 aromatic rings. The van der Waals surface area contributed by atoms with E-state index in [4.69, 9.17) is 9.47 Å². The second-order valence-corrected chi connectivity index (χ2v) is 8.68. The number of amides is 1. The van der Waals surface area contributed by atoms with Gasteiger partial charge in [0, 0.05) is 13.1 Å². The Balaban J connectivity index is 2.55. The summed E-state index contributed by atoms with van der Waals surface area (Å²) in [6.07, 6.45) is 0.0504. The summed E-state index contributed by atoms with van der Waals surface area (Å²) >= 11 is 0. The molecule has 7 nitrogen and oxygen atoms in total. The molecule has 0 aromatic heterocycles. The fraction of sp³-hybridized carbons (Fsp3) is 0.588. The third-order valence-electron chi connectivity index (χ3n) is 3.10. The van der Waals surface area contributed by atoms with Crippen molar-refractivity contribution in [1.29, 1.82) is 0 Å². The van der Waals surface area contributed by atoms with Gasteiger partial charge in [-0.15, -0.1) is 0 Å². The van der Waals surface area contributed by atoms with Gasteiger partial charge in [-0.1, -0.05) is 13.0 Å². The number of sulfonamides is 1. The van der Waals surface area contributed by atoms with Crippen LogP contribution in [-0.2, 0) is 14.8 Å². The molecule has 0 spiro atoms. The zero-order valence-electron chi connectivity index (χ0n) is 15.5. The summed E-state index contributed by atoms with van der Waals surface area (Å²) in [6.45, 7) is 7.72. The highest BCUT2D eigenvalue weighted by atomic mass is 32.2. The van der Waals surface area contributed by atoms with E-state index in [1.165, 1.54) is 11.4 Å². The van der Waals surface area contributed by atoms with Crippen LogP contribution in [0.2, 0.25) is 0 Å². The number of nitrogens with zero attached hydrogens (tertiary/aromatic N) is 1. The van der Waals surface area contributed by atoms with Gasteiger partial charge in [-0.25, -0.2) is 13.2 Å². The fourth-order valence-corrected chi connectivity index (χ4v) is 3.19. The molecule has 1 amide bonds. The van der Waals surface area contributed by atoms with Crippen LogP contribution in [0.4, 0.5) is 10.5 Å². The molecule has 8 heteroatoms. The Morgan fingerprint density at radius 2 is 1.96 bits per heavy atom. The molecule has 1 rings (SSSR count). The van der Waals surface area contributed by atoms with E-state index in [1.807, 2.05) is 6.92 Å². The quantitative estimate of drug-likeness (QED) is 0.709. The standard InChI is InChI=1S/C17H28N2O5S/c1-6-12-25(21,22)19(5)14-8-7-9-15(13-14)23-11-10-18-16(20)24-17(2,3)4/h7-9,13H,6,10-12H2,1-5H3,(H,18,20). The average molecular weight is 372 g/mol. The molecule has 1 aromatic carbocycles. The first-order valence-electron chi connectivity index (χ1n) is 8.21. The van der Waals surface area contributed by atoms with Crippen LogP contribution in [0.3, 0.4) is 0 Å². The fourth-order valence-electron chi connectivity index (χ4n) is 1.96. The zero-order valence-corrected chi connectivity index (χ0v) is 16.4. The minimum Gasteiger partial charge on any atom is -0.492 e. The second kappa shape index (κ2) is 8.94. The van der Waals surface area contributed by atoms with E-state index in [1.54, 1.807) is 45.0 Å². The third-order valence-corrected chi connectivity index (χ3v) is 5.07. The second-order valence-electron chi connectivity index (χ2n) is 6.56. The number of benzene rings is 1. The van der Waals surface area contributed by atoms with Crippen molar-refractivity contribution in [2.75, 3.05) is 30.3 Å². The highest BCUT2D eigenvalue weighted by Gasteiger charge is 2.18. The zero-order chi connectivity index (χ0) is 19.1. The third kappa shape index (κ3) is 7.64. The van der Waals surface area contributed by atoms with Crippen molar-refractivity contribution in [2.24, 2.45) is 0 Å². The molecule has 0 heterocycles. The van der Waals surface area contributed by atoms with Crippen LogP contribution in [-0.4, -0.2) is 46.1 Å². The monoisotopic (exact) mass is 372 g/mol. The van der Waals surface area contributed by atoms with Crippen LogP contribution in [0, 0.1) is 0 Å². The van der Waals surface area contributed by atoms with Gasteiger partial charge in [0.2, 0.25) is 10.0 Å². The maximum atomic E-state index is 12.1. The van der Waals surface area contributed by atoms with Crippen LogP contribution in [0.25, 0.3) is 0 Å². The molecule has 142 valence electrons. The van der Waals surface area contributed by atoms with Crippen molar-refractivity contribution in [1.82, 2.24) is 5.32 Å². The van der Waals surface area contributed by atoms with Gasteiger partial charge in [0.05, 0.1) is 18.0 Å². The van der Waals surface area contributed by atoms with Crippen LogP contribution < -0.4 is 14.4 Å². The summed E-state index contributed by atoms with van der Waals surface area (Å²) in [7, 11) is -1.81. The Bertz CT molecular complexity index is 668. The van der Waals surface area contributed by atoms with E-state index in [0.29, 0.717) is 17.9 Å². The summed E-state index contributed by atoms with van der Waals surface area (Å²) in [5.41, 5.74) is -0.0144. The highest BCUT2D eigenvalue weighted by molar-refractivity contribution is 7.92. The van der Waals surface area contributed by atoms with Gasteiger partial charge < -0.3 is 14.8 Å². The summed E-state index contributed by atoms with van der Waals surface area (Å²) in [5.74, 6) is 0.621. The summed E-state index contributed by atoms with van der Waals surface area (Å²) in [5, 5.41) is 2.60. The van der Waals surface area contributed by atoms with Gasteiger partial charge in [-0.3, -0.25) is 4.31 Å². The smallest absolute Gasteiger partial charge is 0.407 e. The average Bonchev–Trinajstić information content (AvgIpc) is 2.49. The normalized spacial score (nSPS) is 11.7. The Hall–Kier alpha value is -1.96. The first-order chi connectivity index (χ1) is 11.5. The van der Waals surface area contributed by atoms with Crippen molar-refractivity contribution < 1.29 is 22.7 Å². The van der Waals surface area contributed by atoms with E-state index in [0.717, 1.165) is 0 Å². The Labute approximate surface area is 150 Å². The summed E-state index contributed by atoms with van der Waals surface area (Å²) in [4.78, 5) is 11.5. The predicted molar refractivity (Wildman–Crippen MR) is 98.7 cm³/mol. The van der Waals surface area contributed by atoms with Crippen molar-refractivity contribution in [3.05, 3.63) is 24.3 Å². The molecule has 1 N–H and O–H groups in total. The number of ether oxygens (including phenoxy) is 2.